The Morgan fingerprint density at radius 3 is 3.00 bits per heavy atom. The summed E-state index contributed by atoms with van der Waals surface area (Å²) in [4.78, 5) is 21.2. The number of carbonyl (C=O) groups excluding carboxylic acids is 1. The smallest absolute Gasteiger partial charge is 0.222 e. The molecule has 1 aromatic heterocycles. The Bertz CT molecular complexity index is 605. The molecule has 3 atom stereocenters. The number of nitrogens with one attached hydrogen (secondary N) is 1. The third-order valence-electron chi connectivity index (χ3n) is 6.28. The number of likely N-dealkylation sites (tertiary alicyclic amines) is 1. The van der Waals surface area contributed by atoms with E-state index in [0.717, 1.165) is 51.5 Å². The van der Waals surface area contributed by atoms with Gasteiger partial charge < -0.3 is 15.0 Å². The molecular formula is C21H32N4O2. The highest BCUT2D eigenvalue weighted by molar-refractivity contribution is 5.76. The largest absolute Gasteiger partial charge is 0.378 e. The second-order valence-electron chi connectivity index (χ2n) is 8.32. The predicted molar refractivity (Wildman–Crippen MR) is 104 cm³/mol. The topological polar surface area (TPSA) is 57.7 Å². The molecule has 3 saturated heterocycles. The second-order valence-corrected chi connectivity index (χ2v) is 8.32. The molecule has 27 heavy (non-hydrogen) atoms. The van der Waals surface area contributed by atoms with Crippen molar-refractivity contribution in [1.29, 1.82) is 0 Å². The van der Waals surface area contributed by atoms with E-state index in [1.807, 2.05) is 23.4 Å². The Labute approximate surface area is 162 Å². The van der Waals surface area contributed by atoms with Gasteiger partial charge in [-0.2, -0.15) is 0 Å². The lowest BCUT2D eigenvalue weighted by atomic mass is 9.79. The molecule has 0 saturated carbocycles. The molecule has 0 spiro atoms. The number of fused-ring (bicyclic) bond motifs is 2. The average Bonchev–Trinajstić information content (AvgIpc) is 2.71. The van der Waals surface area contributed by atoms with Crippen LogP contribution in [-0.4, -0.2) is 72.7 Å². The zero-order valence-corrected chi connectivity index (χ0v) is 16.2. The van der Waals surface area contributed by atoms with Crippen LogP contribution in [0.3, 0.4) is 0 Å². The summed E-state index contributed by atoms with van der Waals surface area (Å²) in [6.45, 7) is 7.34. The minimum Gasteiger partial charge on any atom is -0.378 e. The van der Waals surface area contributed by atoms with E-state index in [1.54, 1.807) is 0 Å². The lowest BCUT2D eigenvalue weighted by Crippen LogP contribution is -2.55. The molecule has 3 fully saturated rings. The van der Waals surface area contributed by atoms with Crippen LogP contribution in [0.2, 0.25) is 0 Å². The van der Waals surface area contributed by atoms with Crippen LogP contribution >= 0.6 is 0 Å². The fraction of sp³-hybridized carbons (Fsp3) is 0.714. The van der Waals surface area contributed by atoms with Crippen LogP contribution in [0.1, 0.15) is 31.2 Å². The Morgan fingerprint density at radius 2 is 2.19 bits per heavy atom. The van der Waals surface area contributed by atoms with Gasteiger partial charge >= 0.3 is 0 Å². The molecular weight excluding hydrogens is 340 g/mol. The number of amides is 1. The molecule has 0 aromatic carbocycles. The van der Waals surface area contributed by atoms with Crippen LogP contribution in [0.5, 0.6) is 0 Å². The summed E-state index contributed by atoms with van der Waals surface area (Å²) in [6.07, 6.45) is 7.92. The highest BCUT2D eigenvalue weighted by Gasteiger charge is 2.36. The Kier molecular flexibility index (Phi) is 6.37. The zero-order chi connectivity index (χ0) is 18.5. The normalized spacial score (nSPS) is 28.9. The summed E-state index contributed by atoms with van der Waals surface area (Å²) in [5.74, 6) is 1.76. The maximum Gasteiger partial charge on any atom is 0.222 e. The number of ether oxygens (including phenoxy) is 1. The average molecular weight is 373 g/mol. The molecule has 1 aromatic rings. The molecule has 148 valence electrons. The maximum atomic E-state index is 12.3. The lowest BCUT2D eigenvalue weighted by molar-refractivity contribution is -0.135. The van der Waals surface area contributed by atoms with E-state index >= 15 is 0 Å². The van der Waals surface area contributed by atoms with Crippen molar-refractivity contribution < 1.29 is 9.53 Å². The summed E-state index contributed by atoms with van der Waals surface area (Å²) >= 11 is 0. The van der Waals surface area contributed by atoms with Crippen LogP contribution in [0, 0.1) is 11.8 Å². The summed E-state index contributed by atoms with van der Waals surface area (Å²) in [5.41, 5.74) is 1.30. The lowest BCUT2D eigenvalue weighted by Gasteiger charge is -2.46. The third-order valence-corrected chi connectivity index (χ3v) is 6.28. The van der Waals surface area contributed by atoms with Gasteiger partial charge in [0.05, 0.1) is 13.2 Å². The van der Waals surface area contributed by atoms with Crippen molar-refractivity contribution in [2.24, 2.45) is 11.8 Å². The van der Waals surface area contributed by atoms with E-state index in [0.29, 0.717) is 37.5 Å². The van der Waals surface area contributed by atoms with E-state index in [1.165, 1.54) is 18.5 Å². The number of hydrogen-bond acceptors (Lipinski definition) is 5. The number of nitrogens with zero attached hydrogens (tertiary/aromatic N) is 3. The number of aromatic nitrogens is 1. The molecule has 6 heteroatoms. The molecule has 0 aliphatic carbocycles. The van der Waals surface area contributed by atoms with E-state index in [-0.39, 0.29) is 0 Å². The van der Waals surface area contributed by atoms with Crippen molar-refractivity contribution in [3.8, 4) is 0 Å². The van der Waals surface area contributed by atoms with Gasteiger partial charge in [0.2, 0.25) is 5.91 Å². The maximum absolute atomic E-state index is 12.3. The molecule has 0 radical (unpaired) electrons. The van der Waals surface area contributed by atoms with Gasteiger partial charge in [0.15, 0.2) is 0 Å². The number of carbonyl (C=O) groups is 1. The number of rotatable bonds is 6. The molecule has 3 aliphatic heterocycles. The van der Waals surface area contributed by atoms with Crippen LogP contribution < -0.4 is 5.32 Å². The van der Waals surface area contributed by atoms with Crippen molar-refractivity contribution >= 4 is 5.91 Å². The predicted octanol–water partition coefficient (Wildman–Crippen LogP) is 1.52. The molecule has 4 rings (SSSR count). The van der Waals surface area contributed by atoms with Gasteiger partial charge in [-0.15, -0.1) is 0 Å². The first-order chi connectivity index (χ1) is 13.3. The van der Waals surface area contributed by atoms with Crippen LogP contribution in [0.4, 0.5) is 0 Å². The standard InChI is InChI=1S/C21H32N4O2/c26-21(25-7-9-27-10-8-25)5-1-4-20-19-11-18(13-23-20)15-24(16-19)14-17-3-2-6-22-12-17/h2-3,6,12,18-20,23H,1,4-5,7-11,13-16H2/t18?,19?,20-/m1/s1. The number of hydrogen-bond donors (Lipinski definition) is 1. The molecule has 2 unspecified atom stereocenters. The Balaban J connectivity index is 1.24. The van der Waals surface area contributed by atoms with E-state index in [2.05, 4.69) is 21.3 Å². The van der Waals surface area contributed by atoms with Crippen molar-refractivity contribution in [2.75, 3.05) is 45.9 Å². The minimum absolute atomic E-state index is 0.300. The molecule has 6 nitrogen and oxygen atoms in total. The van der Waals surface area contributed by atoms with Gasteiger partial charge in [-0.05, 0) is 49.3 Å². The van der Waals surface area contributed by atoms with E-state index in [9.17, 15) is 4.79 Å². The van der Waals surface area contributed by atoms with Crippen molar-refractivity contribution in [3.63, 3.8) is 0 Å². The van der Waals surface area contributed by atoms with Crippen molar-refractivity contribution in [3.05, 3.63) is 30.1 Å². The van der Waals surface area contributed by atoms with Crippen LogP contribution in [0.25, 0.3) is 0 Å². The SMILES string of the molecule is O=C(CCC[C@H]1NCC2CC1CN(Cc1cccnc1)C2)N1CCOCC1. The van der Waals surface area contributed by atoms with Gasteiger partial charge in [0.1, 0.15) is 0 Å². The third kappa shape index (κ3) is 5.06. The van der Waals surface area contributed by atoms with Gasteiger partial charge in [-0.1, -0.05) is 6.07 Å². The van der Waals surface area contributed by atoms with Gasteiger partial charge in [0.25, 0.3) is 0 Å². The quantitative estimate of drug-likeness (QED) is 0.821. The van der Waals surface area contributed by atoms with Crippen LogP contribution in [0.15, 0.2) is 24.5 Å². The van der Waals surface area contributed by atoms with Crippen molar-refractivity contribution in [1.82, 2.24) is 20.1 Å². The van der Waals surface area contributed by atoms with Gasteiger partial charge in [-0.3, -0.25) is 14.7 Å². The fourth-order valence-electron chi connectivity index (χ4n) is 4.93. The fourth-order valence-corrected chi connectivity index (χ4v) is 4.93. The summed E-state index contributed by atoms with van der Waals surface area (Å²) in [5, 5.41) is 3.77. The Morgan fingerprint density at radius 1 is 1.30 bits per heavy atom. The summed E-state index contributed by atoms with van der Waals surface area (Å²) in [7, 11) is 0. The highest BCUT2D eigenvalue weighted by Crippen LogP contribution is 2.31. The second kappa shape index (κ2) is 9.13. The molecule has 4 heterocycles. The first kappa shape index (κ1) is 18.8. The van der Waals surface area contributed by atoms with Gasteiger partial charge in [0, 0.05) is 57.6 Å². The molecule has 1 amide bonds. The molecule has 2 bridgehead atoms. The molecule has 3 aliphatic rings. The highest BCUT2D eigenvalue weighted by atomic mass is 16.5. The monoisotopic (exact) mass is 372 g/mol. The summed E-state index contributed by atoms with van der Waals surface area (Å²) in [6, 6.07) is 4.75. The molecule has 1 N–H and O–H groups in total. The van der Waals surface area contributed by atoms with Gasteiger partial charge in [-0.25, -0.2) is 0 Å². The van der Waals surface area contributed by atoms with Crippen LogP contribution in [-0.2, 0) is 16.1 Å². The number of pyridine rings is 1. The zero-order valence-electron chi connectivity index (χ0n) is 16.2. The van der Waals surface area contributed by atoms with Crippen molar-refractivity contribution in [2.45, 2.75) is 38.3 Å². The first-order valence-corrected chi connectivity index (χ1v) is 10.5. The minimum atomic E-state index is 0.300. The number of piperidine rings is 2. The van der Waals surface area contributed by atoms with E-state index in [4.69, 9.17) is 4.74 Å². The Hall–Kier alpha value is -1.50. The summed E-state index contributed by atoms with van der Waals surface area (Å²) < 4.78 is 5.33. The number of morpholine rings is 1. The first-order valence-electron chi connectivity index (χ1n) is 10.5. The van der Waals surface area contributed by atoms with E-state index < -0.39 is 0 Å².